The number of H-pyrrole nitrogens is 1. The van der Waals surface area contributed by atoms with Crippen LogP contribution in [0, 0.1) is 4.77 Å². The van der Waals surface area contributed by atoms with Gasteiger partial charge in [0, 0.05) is 39.7 Å². The molecular formula is C16H22N6O4S2. The van der Waals surface area contributed by atoms with Crippen LogP contribution in [0.1, 0.15) is 12.7 Å². The fraction of sp³-hybridized carbons (Fsp3) is 0.375. The number of nitrogens with zero attached hydrogens (tertiary/aromatic N) is 3. The van der Waals surface area contributed by atoms with E-state index in [1.54, 1.807) is 11.6 Å². The molecule has 0 saturated carbocycles. The van der Waals surface area contributed by atoms with E-state index in [4.69, 9.17) is 12.2 Å². The van der Waals surface area contributed by atoms with E-state index in [1.165, 1.54) is 38.2 Å². The van der Waals surface area contributed by atoms with Gasteiger partial charge in [-0.15, -0.1) is 0 Å². The minimum atomic E-state index is -3.84. The van der Waals surface area contributed by atoms with E-state index in [-0.39, 0.29) is 17.3 Å². The number of benzene rings is 1. The molecule has 12 heteroatoms. The van der Waals surface area contributed by atoms with Gasteiger partial charge in [-0.25, -0.2) is 8.42 Å². The quantitative estimate of drug-likeness (QED) is 0.525. The summed E-state index contributed by atoms with van der Waals surface area (Å²) in [5.41, 5.74) is 0.487. The molecule has 152 valence electrons. The maximum absolute atomic E-state index is 12.6. The zero-order chi connectivity index (χ0) is 20.9. The second-order valence-corrected chi connectivity index (χ2v) is 8.50. The number of rotatable bonds is 8. The number of aromatic amines is 1. The summed E-state index contributed by atoms with van der Waals surface area (Å²) < 4.78 is 28.3. The number of aromatic nitrogens is 3. The molecule has 1 aromatic heterocycles. The average molecular weight is 427 g/mol. The first-order valence-electron chi connectivity index (χ1n) is 8.32. The molecule has 0 bridgehead atoms. The Morgan fingerprint density at radius 2 is 1.93 bits per heavy atom. The SMILES string of the molecule is CC(=O)Nc1ccc(S(=O)(=O)N(C)CC(=O)NCCc2n[nH]c(=S)n2C)cc1. The first-order chi connectivity index (χ1) is 13.1. The number of nitrogens with one attached hydrogen (secondary N) is 3. The summed E-state index contributed by atoms with van der Waals surface area (Å²) in [6, 6.07) is 5.72. The molecule has 0 aliphatic carbocycles. The maximum atomic E-state index is 12.6. The highest BCUT2D eigenvalue weighted by Gasteiger charge is 2.22. The Kier molecular flexibility index (Phi) is 7.05. The Labute approximate surface area is 168 Å². The molecule has 2 rings (SSSR count). The number of hydrogen-bond acceptors (Lipinski definition) is 6. The molecule has 0 radical (unpaired) electrons. The molecule has 10 nitrogen and oxygen atoms in total. The van der Waals surface area contributed by atoms with Crippen molar-refractivity contribution in [2.45, 2.75) is 18.2 Å². The van der Waals surface area contributed by atoms with Crippen molar-refractivity contribution in [2.75, 3.05) is 25.5 Å². The number of anilines is 1. The lowest BCUT2D eigenvalue weighted by Crippen LogP contribution is -2.39. The predicted molar refractivity (Wildman–Crippen MR) is 106 cm³/mol. The molecular weight excluding hydrogens is 404 g/mol. The van der Waals surface area contributed by atoms with Crippen LogP contribution >= 0.6 is 12.2 Å². The summed E-state index contributed by atoms with van der Waals surface area (Å²) in [7, 11) is -0.744. The van der Waals surface area contributed by atoms with Gasteiger partial charge in [0.2, 0.25) is 21.8 Å². The molecule has 0 aliphatic rings. The van der Waals surface area contributed by atoms with Gasteiger partial charge in [-0.05, 0) is 36.5 Å². The van der Waals surface area contributed by atoms with Gasteiger partial charge < -0.3 is 15.2 Å². The number of hydrogen-bond donors (Lipinski definition) is 3. The van der Waals surface area contributed by atoms with Crippen LogP contribution in [0.5, 0.6) is 0 Å². The van der Waals surface area contributed by atoms with Gasteiger partial charge in [-0.3, -0.25) is 14.7 Å². The van der Waals surface area contributed by atoms with Crippen molar-refractivity contribution in [1.82, 2.24) is 24.4 Å². The Balaban J connectivity index is 1.91. The summed E-state index contributed by atoms with van der Waals surface area (Å²) in [5.74, 6) is 0.0000229. The van der Waals surface area contributed by atoms with Gasteiger partial charge in [-0.2, -0.15) is 9.40 Å². The van der Waals surface area contributed by atoms with Gasteiger partial charge in [0.15, 0.2) is 4.77 Å². The van der Waals surface area contributed by atoms with Crippen molar-refractivity contribution >= 4 is 39.7 Å². The Bertz CT molecular complexity index is 1010. The molecule has 28 heavy (non-hydrogen) atoms. The highest BCUT2D eigenvalue weighted by atomic mass is 32.2. The predicted octanol–water partition coefficient (Wildman–Crippen LogP) is 0.415. The van der Waals surface area contributed by atoms with Crippen molar-refractivity contribution in [1.29, 1.82) is 0 Å². The standard InChI is InChI=1S/C16H22N6O4S2/c1-11(23)18-12-4-6-13(7-5-12)28(25,26)21(2)10-15(24)17-9-8-14-19-20-16(27)22(14)3/h4-7H,8-10H2,1-3H3,(H,17,24)(H,18,23)(H,20,27). The summed E-state index contributed by atoms with van der Waals surface area (Å²) in [4.78, 5) is 23.1. The Morgan fingerprint density at radius 1 is 1.29 bits per heavy atom. The highest BCUT2D eigenvalue weighted by molar-refractivity contribution is 7.89. The van der Waals surface area contributed by atoms with Crippen molar-refractivity contribution in [3.63, 3.8) is 0 Å². The largest absolute Gasteiger partial charge is 0.355 e. The third-order valence-electron chi connectivity index (χ3n) is 3.89. The first kappa shape index (κ1) is 21.7. The Morgan fingerprint density at radius 3 is 2.46 bits per heavy atom. The van der Waals surface area contributed by atoms with E-state index >= 15 is 0 Å². The van der Waals surface area contributed by atoms with Gasteiger partial charge in [-0.1, -0.05) is 0 Å². The zero-order valence-electron chi connectivity index (χ0n) is 15.7. The van der Waals surface area contributed by atoms with E-state index < -0.39 is 15.9 Å². The van der Waals surface area contributed by atoms with Crippen molar-refractivity contribution in [3.8, 4) is 0 Å². The molecule has 2 aromatic rings. The normalized spacial score (nSPS) is 11.4. The lowest BCUT2D eigenvalue weighted by Gasteiger charge is -2.17. The van der Waals surface area contributed by atoms with Crippen LogP contribution in [-0.4, -0.2) is 59.4 Å². The summed E-state index contributed by atoms with van der Waals surface area (Å²) in [6.07, 6.45) is 0.455. The third-order valence-corrected chi connectivity index (χ3v) is 6.08. The zero-order valence-corrected chi connectivity index (χ0v) is 17.4. The van der Waals surface area contributed by atoms with Gasteiger partial charge in [0.1, 0.15) is 5.82 Å². The number of carbonyl (C=O) groups is 2. The van der Waals surface area contributed by atoms with E-state index in [0.29, 0.717) is 29.2 Å². The topological polar surface area (TPSA) is 129 Å². The summed E-state index contributed by atoms with van der Waals surface area (Å²) in [5, 5.41) is 11.9. The lowest BCUT2D eigenvalue weighted by molar-refractivity contribution is -0.121. The molecule has 0 fully saturated rings. The molecule has 0 spiro atoms. The van der Waals surface area contributed by atoms with Crippen LogP contribution in [0.2, 0.25) is 0 Å². The molecule has 0 saturated heterocycles. The number of carbonyl (C=O) groups excluding carboxylic acids is 2. The minimum Gasteiger partial charge on any atom is -0.355 e. The average Bonchev–Trinajstić information content (AvgIpc) is 2.93. The lowest BCUT2D eigenvalue weighted by atomic mass is 10.3. The summed E-state index contributed by atoms with van der Waals surface area (Å²) in [6.45, 7) is 1.33. The van der Waals surface area contributed by atoms with Gasteiger partial charge in [0.25, 0.3) is 0 Å². The fourth-order valence-electron chi connectivity index (χ4n) is 2.35. The smallest absolute Gasteiger partial charge is 0.243 e. The molecule has 0 unspecified atom stereocenters. The van der Waals surface area contributed by atoms with Crippen molar-refractivity contribution < 1.29 is 18.0 Å². The Hall–Kier alpha value is -2.57. The number of likely N-dealkylation sites (N-methyl/N-ethyl adjacent to an activating group) is 1. The highest BCUT2D eigenvalue weighted by Crippen LogP contribution is 2.17. The van der Waals surface area contributed by atoms with Crippen LogP contribution in [0.15, 0.2) is 29.2 Å². The van der Waals surface area contributed by atoms with Crippen LogP contribution in [-0.2, 0) is 33.1 Å². The third kappa shape index (κ3) is 5.47. The second kappa shape index (κ2) is 9.08. The molecule has 1 aromatic carbocycles. The van der Waals surface area contributed by atoms with Crippen molar-refractivity contribution in [2.24, 2.45) is 7.05 Å². The minimum absolute atomic E-state index is 0.0263. The van der Waals surface area contributed by atoms with Gasteiger partial charge >= 0.3 is 0 Å². The molecule has 0 aliphatic heterocycles. The van der Waals surface area contributed by atoms with Crippen LogP contribution in [0.25, 0.3) is 0 Å². The van der Waals surface area contributed by atoms with E-state index in [0.717, 1.165) is 4.31 Å². The van der Waals surface area contributed by atoms with E-state index in [1.807, 2.05) is 0 Å². The second-order valence-electron chi connectivity index (χ2n) is 6.07. The number of sulfonamides is 1. The first-order valence-corrected chi connectivity index (χ1v) is 10.2. The van der Waals surface area contributed by atoms with Crippen LogP contribution < -0.4 is 10.6 Å². The van der Waals surface area contributed by atoms with Crippen LogP contribution in [0.4, 0.5) is 5.69 Å². The van der Waals surface area contributed by atoms with Gasteiger partial charge in [0.05, 0.1) is 11.4 Å². The van der Waals surface area contributed by atoms with Crippen molar-refractivity contribution in [3.05, 3.63) is 34.9 Å². The molecule has 3 N–H and O–H groups in total. The number of amides is 2. The van der Waals surface area contributed by atoms with E-state index in [2.05, 4.69) is 20.8 Å². The van der Waals surface area contributed by atoms with E-state index in [9.17, 15) is 18.0 Å². The maximum Gasteiger partial charge on any atom is 0.243 e. The fourth-order valence-corrected chi connectivity index (χ4v) is 3.63. The molecule has 1 heterocycles. The molecule has 2 amide bonds. The monoisotopic (exact) mass is 426 g/mol. The summed E-state index contributed by atoms with van der Waals surface area (Å²) >= 11 is 5.01. The van der Waals surface area contributed by atoms with Crippen LogP contribution in [0.3, 0.4) is 0 Å². The molecule has 0 atom stereocenters.